The second-order valence-corrected chi connectivity index (χ2v) is 10.4. The molecule has 7 aromatic rings. The van der Waals surface area contributed by atoms with Gasteiger partial charge in [0.1, 0.15) is 5.52 Å². The van der Waals surface area contributed by atoms with Crippen molar-refractivity contribution in [2.75, 3.05) is 0 Å². The van der Waals surface area contributed by atoms with Gasteiger partial charge in [0.05, 0.1) is 22.2 Å². The first-order valence-corrected chi connectivity index (χ1v) is 12.8. The zero-order valence-corrected chi connectivity index (χ0v) is 21.1. The maximum atomic E-state index is 5.12. The predicted octanol–water partition coefficient (Wildman–Crippen LogP) is 7.49. The highest BCUT2D eigenvalue weighted by Crippen LogP contribution is 2.53. The summed E-state index contributed by atoms with van der Waals surface area (Å²) in [6.07, 6.45) is 5.35. The first kappa shape index (κ1) is 21.2. The third kappa shape index (κ3) is 2.76. The van der Waals surface area contributed by atoms with Crippen LogP contribution in [0.3, 0.4) is 0 Å². The molecule has 0 unspecified atom stereocenters. The van der Waals surface area contributed by atoms with Crippen LogP contribution in [0.15, 0.2) is 104 Å². The van der Waals surface area contributed by atoms with E-state index in [2.05, 4.69) is 84.1 Å². The van der Waals surface area contributed by atoms with Crippen LogP contribution >= 0.6 is 0 Å². The first-order chi connectivity index (χ1) is 18.6. The summed E-state index contributed by atoms with van der Waals surface area (Å²) in [5.41, 5.74) is 10.7. The van der Waals surface area contributed by atoms with Crippen LogP contribution in [-0.2, 0) is 5.41 Å². The molecule has 1 aliphatic carbocycles. The SMILES string of the molecule is CC1(C)c2ccccc2-c2ccc3c4ccc5nccnc5c4n(-c4nccc(-c5ccccc5)n4)c3c21. The van der Waals surface area contributed by atoms with Crippen molar-refractivity contribution in [1.82, 2.24) is 24.5 Å². The Morgan fingerprint density at radius 1 is 0.632 bits per heavy atom. The van der Waals surface area contributed by atoms with Crippen molar-refractivity contribution in [2.45, 2.75) is 19.3 Å². The number of aromatic nitrogens is 5. The Labute approximate surface area is 219 Å². The summed E-state index contributed by atoms with van der Waals surface area (Å²) in [4.78, 5) is 19.4. The van der Waals surface area contributed by atoms with Crippen LogP contribution in [0.1, 0.15) is 25.0 Å². The molecule has 5 nitrogen and oxygen atoms in total. The lowest BCUT2D eigenvalue weighted by Gasteiger charge is -2.23. The molecule has 38 heavy (non-hydrogen) atoms. The van der Waals surface area contributed by atoms with E-state index in [1.54, 1.807) is 12.4 Å². The van der Waals surface area contributed by atoms with Gasteiger partial charge in [0.25, 0.3) is 0 Å². The topological polar surface area (TPSA) is 56.5 Å². The van der Waals surface area contributed by atoms with Gasteiger partial charge in [0.2, 0.25) is 5.95 Å². The normalized spacial score (nSPS) is 13.7. The minimum absolute atomic E-state index is 0.198. The van der Waals surface area contributed by atoms with E-state index in [9.17, 15) is 0 Å². The molecule has 1 aliphatic rings. The molecular formula is C33H23N5. The van der Waals surface area contributed by atoms with Gasteiger partial charge in [-0.3, -0.25) is 14.5 Å². The van der Waals surface area contributed by atoms with Crippen LogP contribution < -0.4 is 0 Å². The highest BCUT2D eigenvalue weighted by atomic mass is 15.2. The van der Waals surface area contributed by atoms with Gasteiger partial charge in [0, 0.05) is 40.3 Å². The second-order valence-electron chi connectivity index (χ2n) is 10.4. The molecule has 8 rings (SSSR count). The highest BCUT2D eigenvalue weighted by Gasteiger charge is 2.38. The molecule has 0 saturated heterocycles. The smallest absolute Gasteiger partial charge is 0.235 e. The number of hydrogen-bond donors (Lipinski definition) is 0. The summed E-state index contributed by atoms with van der Waals surface area (Å²) in [5.74, 6) is 0.629. The lowest BCUT2D eigenvalue weighted by atomic mass is 9.81. The van der Waals surface area contributed by atoms with E-state index in [-0.39, 0.29) is 5.41 Å². The molecule has 3 aromatic heterocycles. The molecule has 180 valence electrons. The molecule has 5 heteroatoms. The number of nitrogens with zero attached hydrogens (tertiary/aromatic N) is 5. The third-order valence-electron chi connectivity index (χ3n) is 7.96. The van der Waals surface area contributed by atoms with Crippen molar-refractivity contribution in [3.8, 4) is 28.3 Å². The summed E-state index contributed by atoms with van der Waals surface area (Å²) in [5, 5.41) is 2.29. The maximum absolute atomic E-state index is 5.12. The van der Waals surface area contributed by atoms with Crippen LogP contribution in [0, 0.1) is 0 Å². The molecule has 0 fully saturated rings. The fourth-order valence-electron chi connectivity index (χ4n) is 6.30. The van der Waals surface area contributed by atoms with Crippen molar-refractivity contribution in [3.63, 3.8) is 0 Å². The van der Waals surface area contributed by atoms with Gasteiger partial charge in [-0.15, -0.1) is 0 Å². The van der Waals surface area contributed by atoms with Gasteiger partial charge < -0.3 is 0 Å². The van der Waals surface area contributed by atoms with E-state index in [1.165, 1.54) is 27.6 Å². The summed E-state index contributed by atoms with van der Waals surface area (Å²) in [6, 6.07) is 29.7. The molecule has 0 N–H and O–H groups in total. The quantitative estimate of drug-likeness (QED) is 0.252. The van der Waals surface area contributed by atoms with Crippen molar-refractivity contribution < 1.29 is 0 Å². The van der Waals surface area contributed by atoms with Crippen molar-refractivity contribution >= 4 is 32.8 Å². The van der Waals surface area contributed by atoms with Crippen molar-refractivity contribution in [3.05, 3.63) is 115 Å². The van der Waals surface area contributed by atoms with E-state index in [0.717, 1.165) is 38.7 Å². The molecule has 0 atom stereocenters. The number of benzene rings is 4. The van der Waals surface area contributed by atoms with Crippen LogP contribution in [0.2, 0.25) is 0 Å². The molecule has 0 saturated carbocycles. The molecule has 0 amide bonds. The minimum atomic E-state index is -0.198. The Bertz CT molecular complexity index is 2050. The molecule has 0 aliphatic heterocycles. The van der Waals surface area contributed by atoms with Crippen LogP contribution in [0.4, 0.5) is 0 Å². The fourth-order valence-corrected chi connectivity index (χ4v) is 6.30. The number of rotatable bonds is 2. The first-order valence-electron chi connectivity index (χ1n) is 12.8. The van der Waals surface area contributed by atoms with Gasteiger partial charge in [0.15, 0.2) is 0 Å². The highest BCUT2D eigenvalue weighted by molar-refractivity contribution is 6.19. The second kappa shape index (κ2) is 7.56. The average Bonchev–Trinajstić information content (AvgIpc) is 3.43. The largest absolute Gasteiger partial charge is 0.275 e. The van der Waals surface area contributed by atoms with E-state index < -0.39 is 0 Å². The standard InChI is InChI=1S/C33H23N5/c1-33(2)25-11-7-6-10-21(25)22-12-13-23-24-14-15-27-29(35-19-18-34-27)31(24)38(30(23)28(22)33)32-36-17-16-26(37-32)20-8-4-3-5-9-20/h3-19H,1-2H3. The summed E-state index contributed by atoms with van der Waals surface area (Å²) >= 11 is 0. The van der Waals surface area contributed by atoms with E-state index in [4.69, 9.17) is 15.0 Å². The van der Waals surface area contributed by atoms with Gasteiger partial charge >= 0.3 is 0 Å². The number of fused-ring (bicyclic) bond motifs is 9. The van der Waals surface area contributed by atoms with Gasteiger partial charge in [-0.2, -0.15) is 0 Å². The molecule has 3 heterocycles. The average molecular weight is 490 g/mol. The zero-order chi connectivity index (χ0) is 25.4. The summed E-state index contributed by atoms with van der Waals surface area (Å²) in [6.45, 7) is 4.64. The van der Waals surface area contributed by atoms with Crippen LogP contribution in [0.25, 0.3) is 61.2 Å². The predicted molar refractivity (Wildman–Crippen MR) is 152 cm³/mol. The lowest BCUT2D eigenvalue weighted by molar-refractivity contribution is 0.663. The summed E-state index contributed by atoms with van der Waals surface area (Å²) < 4.78 is 2.22. The van der Waals surface area contributed by atoms with Crippen molar-refractivity contribution in [2.24, 2.45) is 0 Å². The monoisotopic (exact) mass is 489 g/mol. The van der Waals surface area contributed by atoms with Gasteiger partial charge in [-0.1, -0.05) is 80.6 Å². The van der Waals surface area contributed by atoms with Crippen molar-refractivity contribution in [1.29, 1.82) is 0 Å². The van der Waals surface area contributed by atoms with Crippen LogP contribution in [0.5, 0.6) is 0 Å². The van der Waals surface area contributed by atoms with Crippen LogP contribution in [-0.4, -0.2) is 24.5 Å². The Hall–Kier alpha value is -4.90. The van der Waals surface area contributed by atoms with E-state index in [0.29, 0.717) is 5.95 Å². The minimum Gasteiger partial charge on any atom is -0.275 e. The third-order valence-corrected chi connectivity index (χ3v) is 7.96. The summed E-state index contributed by atoms with van der Waals surface area (Å²) in [7, 11) is 0. The Morgan fingerprint density at radius 2 is 1.39 bits per heavy atom. The Balaban J connectivity index is 1.57. The van der Waals surface area contributed by atoms with Gasteiger partial charge in [-0.05, 0) is 40.5 Å². The maximum Gasteiger partial charge on any atom is 0.235 e. The van der Waals surface area contributed by atoms with E-state index in [1.807, 2.05) is 30.5 Å². The Kier molecular flexibility index (Phi) is 4.22. The lowest BCUT2D eigenvalue weighted by Crippen LogP contribution is -2.17. The Morgan fingerprint density at radius 3 is 2.29 bits per heavy atom. The van der Waals surface area contributed by atoms with Gasteiger partial charge in [-0.25, -0.2) is 9.97 Å². The molecular weight excluding hydrogens is 466 g/mol. The molecule has 0 spiro atoms. The zero-order valence-electron chi connectivity index (χ0n) is 21.1. The number of hydrogen-bond acceptors (Lipinski definition) is 4. The van der Waals surface area contributed by atoms with E-state index >= 15 is 0 Å². The molecule has 0 bridgehead atoms. The molecule has 0 radical (unpaired) electrons. The molecule has 4 aromatic carbocycles. The fraction of sp³-hybridized carbons (Fsp3) is 0.0909.